The number of ether oxygens (including phenoxy) is 1. The third-order valence-corrected chi connectivity index (χ3v) is 10.2. The van der Waals surface area contributed by atoms with Crippen LogP contribution in [-0.4, -0.2) is 15.8 Å². The van der Waals surface area contributed by atoms with Gasteiger partial charge in [-0.2, -0.15) is 0 Å². The monoisotopic (exact) mass is 584 g/mol. The van der Waals surface area contributed by atoms with Crippen LogP contribution in [0.25, 0.3) is 66.1 Å². The van der Waals surface area contributed by atoms with Gasteiger partial charge in [-0.1, -0.05) is 109 Å². The third kappa shape index (κ3) is 3.03. The molecule has 0 radical (unpaired) electrons. The van der Waals surface area contributed by atoms with E-state index in [1.807, 2.05) is 0 Å². The Kier molecular flexibility index (Phi) is 4.66. The van der Waals surface area contributed by atoms with Crippen molar-refractivity contribution < 1.29 is 4.74 Å². The molecule has 7 aromatic carbocycles. The van der Waals surface area contributed by atoms with Crippen molar-refractivity contribution in [2.45, 2.75) is 0 Å². The van der Waals surface area contributed by atoms with Gasteiger partial charge in [0, 0.05) is 38.4 Å². The third-order valence-electron chi connectivity index (χ3n) is 10.2. The van der Waals surface area contributed by atoms with E-state index in [0.717, 1.165) is 17.2 Å². The Labute approximate surface area is 265 Å². The highest BCUT2D eigenvalue weighted by molar-refractivity contribution is 6.99. The number of aromatic nitrogens is 2. The molecule has 0 saturated heterocycles. The summed E-state index contributed by atoms with van der Waals surface area (Å²) >= 11 is 0. The summed E-state index contributed by atoms with van der Waals surface area (Å²) in [6.45, 7) is 0.122. The molecule has 2 aliphatic heterocycles. The second-order valence-electron chi connectivity index (χ2n) is 12.5. The molecule has 0 spiro atoms. The molecule has 2 aliphatic rings. The number of nitrogens with zero attached hydrogens (tertiary/aromatic N) is 2. The highest BCUT2D eigenvalue weighted by Crippen LogP contribution is 2.43. The Bertz CT molecular complexity index is 2720. The fraction of sp³-hybridized carbons (Fsp3) is 0. The summed E-state index contributed by atoms with van der Waals surface area (Å²) in [5, 5.41) is 5.09. The van der Waals surface area contributed by atoms with Gasteiger partial charge in [0.25, 0.3) is 6.71 Å². The zero-order valence-electron chi connectivity index (χ0n) is 24.8. The van der Waals surface area contributed by atoms with E-state index < -0.39 is 0 Å². The van der Waals surface area contributed by atoms with Gasteiger partial charge in [0.2, 0.25) is 0 Å². The van der Waals surface area contributed by atoms with E-state index in [-0.39, 0.29) is 6.71 Å². The smallest absolute Gasteiger partial charge is 0.256 e. The first-order valence-electron chi connectivity index (χ1n) is 15.9. The molecule has 0 N–H and O–H groups in total. The van der Waals surface area contributed by atoms with E-state index in [9.17, 15) is 0 Å². The van der Waals surface area contributed by atoms with Gasteiger partial charge < -0.3 is 13.9 Å². The van der Waals surface area contributed by atoms with Gasteiger partial charge in [-0.25, -0.2) is 0 Å². The number of hydrogen-bond acceptors (Lipinski definition) is 1. The molecule has 4 heteroatoms. The number of benzene rings is 7. The predicted octanol–water partition coefficient (Wildman–Crippen LogP) is 8.48. The molecule has 212 valence electrons. The summed E-state index contributed by atoms with van der Waals surface area (Å²) in [5.74, 6) is 1.89. The molecule has 4 heterocycles. The van der Waals surface area contributed by atoms with Gasteiger partial charge in [-0.15, -0.1) is 0 Å². The Morgan fingerprint density at radius 3 is 2.04 bits per heavy atom. The van der Waals surface area contributed by atoms with Crippen molar-refractivity contribution in [2.75, 3.05) is 0 Å². The molecule has 3 nitrogen and oxygen atoms in total. The average Bonchev–Trinajstić information content (AvgIpc) is 3.64. The lowest BCUT2D eigenvalue weighted by molar-refractivity contribution is 0.487. The van der Waals surface area contributed by atoms with E-state index in [1.54, 1.807) is 0 Å². The minimum Gasteiger partial charge on any atom is -0.458 e. The second kappa shape index (κ2) is 8.80. The molecular formula is C42H25BN2O. The van der Waals surface area contributed by atoms with Crippen molar-refractivity contribution >= 4 is 66.7 Å². The lowest BCUT2D eigenvalue weighted by atomic mass is 9.34. The lowest BCUT2D eigenvalue weighted by Crippen LogP contribution is -2.58. The predicted molar refractivity (Wildman–Crippen MR) is 192 cm³/mol. The number of hydrogen-bond donors (Lipinski definition) is 0. The number of rotatable bonds is 2. The van der Waals surface area contributed by atoms with Gasteiger partial charge >= 0.3 is 0 Å². The van der Waals surface area contributed by atoms with Crippen LogP contribution in [0.5, 0.6) is 11.5 Å². The summed E-state index contributed by atoms with van der Waals surface area (Å²) < 4.78 is 11.5. The summed E-state index contributed by atoms with van der Waals surface area (Å²) in [5.41, 5.74) is 13.6. The largest absolute Gasteiger partial charge is 0.458 e. The van der Waals surface area contributed by atoms with Crippen LogP contribution < -0.4 is 21.1 Å². The molecule has 0 saturated carbocycles. The molecule has 9 aromatic rings. The van der Waals surface area contributed by atoms with Crippen LogP contribution in [0.2, 0.25) is 0 Å². The van der Waals surface area contributed by atoms with E-state index in [1.165, 1.54) is 76.8 Å². The van der Waals surface area contributed by atoms with Gasteiger partial charge in [0.05, 0.1) is 16.6 Å². The molecule has 0 atom stereocenters. The standard InChI is InChI=1S/C42H25BN2O/c1-2-10-26(11-3-1)27-20-22-28(23-21-27)44-34-16-6-4-12-31(34)39-35(44)25-24-30-29-13-8-15-33-41(29)45(42(30)39)36-17-9-19-38-40(36)43(33)32-14-5-7-18-37(32)46-38/h1-25H. The lowest BCUT2D eigenvalue weighted by Gasteiger charge is -2.33. The maximum Gasteiger partial charge on any atom is 0.256 e. The minimum absolute atomic E-state index is 0.122. The van der Waals surface area contributed by atoms with Crippen molar-refractivity contribution in [3.05, 3.63) is 152 Å². The molecule has 0 unspecified atom stereocenters. The molecule has 2 aromatic heterocycles. The molecule has 46 heavy (non-hydrogen) atoms. The summed E-state index contributed by atoms with van der Waals surface area (Å²) in [6, 6.07) is 55.0. The van der Waals surface area contributed by atoms with Crippen LogP contribution in [-0.2, 0) is 0 Å². The van der Waals surface area contributed by atoms with Gasteiger partial charge in [0.1, 0.15) is 11.5 Å². The van der Waals surface area contributed by atoms with E-state index in [2.05, 4.69) is 161 Å². The number of fused-ring (bicyclic) bond motifs is 11. The molecule has 0 fully saturated rings. The second-order valence-corrected chi connectivity index (χ2v) is 12.5. The van der Waals surface area contributed by atoms with Gasteiger partial charge in [0.15, 0.2) is 0 Å². The van der Waals surface area contributed by atoms with Crippen LogP contribution in [0.1, 0.15) is 0 Å². The van der Waals surface area contributed by atoms with E-state index in [4.69, 9.17) is 4.74 Å². The fourth-order valence-corrected chi connectivity index (χ4v) is 8.33. The van der Waals surface area contributed by atoms with Crippen LogP contribution in [0.4, 0.5) is 0 Å². The molecule has 0 bridgehead atoms. The highest BCUT2D eigenvalue weighted by Gasteiger charge is 2.40. The van der Waals surface area contributed by atoms with Crippen LogP contribution in [0.15, 0.2) is 152 Å². The quantitative estimate of drug-likeness (QED) is 0.187. The Balaban J connectivity index is 1.26. The first-order chi connectivity index (χ1) is 22.8. The van der Waals surface area contributed by atoms with Crippen molar-refractivity contribution in [1.29, 1.82) is 0 Å². The molecule has 0 amide bonds. The van der Waals surface area contributed by atoms with E-state index in [0.29, 0.717) is 0 Å². The summed E-state index contributed by atoms with van der Waals surface area (Å²) in [6.07, 6.45) is 0. The Morgan fingerprint density at radius 1 is 0.435 bits per heavy atom. The Morgan fingerprint density at radius 2 is 1.13 bits per heavy atom. The number of para-hydroxylation sites is 3. The SMILES string of the molecule is c1ccc(-c2ccc(-n3c4ccccc4c4c3ccc3c5cccc6c5n(c34)-c3cccc4c3B6c3ccccc3O4)cc2)cc1. The molecule has 0 aliphatic carbocycles. The fourth-order valence-electron chi connectivity index (χ4n) is 8.33. The maximum absolute atomic E-state index is 6.57. The van der Waals surface area contributed by atoms with Crippen LogP contribution in [0.3, 0.4) is 0 Å². The zero-order valence-corrected chi connectivity index (χ0v) is 24.8. The normalized spacial score (nSPS) is 12.9. The maximum atomic E-state index is 6.57. The first kappa shape index (κ1) is 24.3. The van der Waals surface area contributed by atoms with Gasteiger partial charge in [-0.3, -0.25) is 0 Å². The topological polar surface area (TPSA) is 19.1 Å². The summed E-state index contributed by atoms with van der Waals surface area (Å²) in [7, 11) is 0. The Hall–Kier alpha value is -6.00. The first-order valence-corrected chi connectivity index (χ1v) is 15.9. The molecular weight excluding hydrogens is 559 g/mol. The van der Waals surface area contributed by atoms with Crippen LogP contribution >= 0.6 is 0 Å². The van der Waals surface area contributed by atoms with Crippen molar-refractivity contribution in [2.24, 2.45) is 0 Å². The zero-order chi connectivity index (χ0) is 29.9. The van der Waals surface area contributed by atoms with Crippen LogP contribution in [0, 0.1) is 0 Å². The minimum atomic E-state index is 0.122. The average molecular weight is 584 g/mol. The van der Waals surface area contributed by atoms with E-state index >= 15 is 0 Å². The molecule has 11 rings (SSSR count). The highest BCUT2D eigenvalue weighted by atomic mass is 16.5. The van der Waals surface area contributed by atoms with Crippen molar-refractivity contribution in [1.82, 2.24) is 9.13 Å². The van der Waals surface area contributed by atoms with Crippen molar-refractivity contribution in [3.8, 4) is 34.0 Å². The van der Waals surface area contributed by atoms with Crippen molar-refractivity contribution in [3.63, 3.8) is 0 Å². The summed E-state index contributed by atoms with van der Waals surface area (Å²) in [4.78, 5) is 0. The van der Waals surface area contributed by atoms with Gasteiger partial charge in [-0.05, 0) is 70.0 Å².